The molecule has 1 aromatic rings. The van der Waals surface area contributed by atoms with Crippen LogP contribution in [0.4, 0.5) is 5.69 Å². The smallest absolute Gasteiger partial charge is 0.227 e. The van der Waals surface area contributed by atoms with Gasteiger partial charge in [-0.1, -0.05) is 12.1 Å². The number of nitrogens with two attached hydrogens (primary N) is 1. The third-order valence-electron chi connectivity index (χ3n) is 3.03. The van der Waals surface area contributed by atoms with Crippen LogP contribution in [0.15, 0.2) is 24.3 Å². The molecule has 1 amide bonds. The fourth-order valence-corrected chi connectivity index (χ4v) is 1.88. The van der Waals surface area contributed by atoms with Crippen LogP contribution in [0.5, 0.6) is 0 Å². The molecule has 20 heavy (non-hydrogen) atoms. The number of rotatable bonds is 9. The van der Waals surface area contributed by atoms with Crippen LogP contribution in [0.2, 0.25) is 0 Å². The maximum absolute atomic E-state index is 12.3. The van der Waals surface area contributed by atoms with Gasteiger partial charge in [-0.15, -0.1) is 0 Å². The molecule has 2 N–H and O–H groups in total. The van der Waals surface area contributed by atoms with E-state index < -0.39 is 0 Å². The number of methoxy groups -OCH3 is 2. The van der Waals surface area contributed by atoms with Crippen molar-refractivity contribution in [1.82, 2.24) is 4.90 Å². The fourth-order valence-electron chi connectivity index (χ4n) is 1.88. The molecule has 0 heterocycles. The van der Waals surface area contributed by atoms with E-state index >= 15 is 0 Å². The molecule has 5 nitrogen and oxygen atoms in total. The number of hydrogen-bond acceptors (Lipinski definition) is 4. The van der Waals surface area contributed by atoms with Crippen molar-refractivity contribution >= 4 is 11.6 Å². The summed E-state index contributed by atoms with van der Waals surface area (Å²) in [5, 5.41) is 0. The number of hydrogen-bond donors (Lipinski definition) is 1. The minimum absolute atomic E-state index is 0.0999. The minimum Gasteiger partial charge on any atom is -0.399 e. The summed E-state index contributed by atoms with van der Waals surface area (Å²) in [5.74, 6) is 0.0999. The molecule has 1 aromatic carbocycles. The molecule has 0 aliphatic rings. The molecule has 112 valence electrons. The van der Waals surface area contributed by atoms with Gasteiger partial charge in [-0.05, 0) is 24.1 Å². The molecule has 1 rings (SSSR count). The Morgan fingerprint density at radius 3 is 2.35 bits per heavy atom. The zero-order chi connectivity index (χ0) is 14.8. The summed E-state index contributed by atoms with van der Waals surface area (Å²) in [5.41, 5.74) is 7.32. The van der Waals surface area contributed by atoms with Crippen molar-refractivity contribution in [2.45, 2.75) is 12.8 Å². The first-order chi connectivity index (χ1) is 9.67. The lowest BCUT2D eigenvalue weighted by molar-refractivity contribution is -0.131. The second-order valence-electron chi connectivity index (χ2n) is 4.64. The number of anilines is 1. The fraction of sp³-hybridized carbons (Fsp3) is 0.533. The number of amides is 1. The highest BCUT2D eigenvalue weighted by molar-refractivity contribution is 5.78. The Kier molecular flexibility index (Phi) is 7.69. The van der Waals surface area contributed by atoms with E-state index in [4.69, 9.17) is 15.2 Å². The normalized spacial score (nSPS) is 10.5. The van der Waals surface area contributed by atoms with E-state index in [-0.39, 0.29) is 5.91 Å². The zero-order valence-corrected chi connectivity index (χ0v) is 12.3. The summed E-state index contributed by atoms with van der Waals surface area (Å²) in [6, 6.07) is 7.40. The summed E-state index contributed by atoms with van der Waals surface area (Å²) in [6.07, 6.45) is 1.21. The predicted molar refractivity (Wildman–Crippen MR) is 79.5 cm³/mol. The first-order valence-corrected chi connectivity index (χ1v) is 6.77. The van der Waals surface area contributed by atoms with Gasteiger partial charge in [0.2, 0.25) is 5.91 Å². The summed E-state index contributed by atoms with van der Waals surface area (Å²) in [4.78, 5) is 14.1. The molecule has 0 aliphatic carbocycles. The van der Waals surface area contributed by atoms with Gasteiger partial charge in [-0.3, -0.25) is 4.79 Å². The number of benzene rings is 1. The van der Waals surface area contributed by atoms with Crippen LogP contribution in [0.25, 0.3) is 0 Å². The second-order valence-corrected chi connectivity index (χ2v) is 4.64. The van der Waals surface area contributed by atoms with Gasteiger partial charge in [0.1, 0.15) is 0 Å². The van der Waals surface area contributed by atoms with Crippen LogP contribution in [0, 0.1) is 0 Å². The van der Waals surface area contributed by atoms with E-state index in [2.05, 4.69) is 0 Å². The molecule has 0 spiro atoms. The SMILES string of the molecule is COCCCN(CCOC)C(=O)Cc1ccc(N)cc1. The summed E-state index contributed by atoms with van der Waals surface area (Å²) in [7, 11) is 3.30. The quantitative estimate of drug-likeness (QED) is 0.547. The van der Waals surface area contributed by atoms with Gasteiger partial charge in [0, 0.05) is 39.6 Å². The third-order valence-corrected chi connectivity index (χ3v) is 3.03. The highest BCUT2D eigenvalue weighted by atomic mass is 16.5. The molecular formula is C15H24N2O3. The molecule has 0 unspecified atom stereocenters. The molecule has 5 heteroatoms. The van der Waals surface area contributed by atoms with Crippen molar-refractivity contribution in [1.29, 1.82) is 0 Å². The van der Waals surface area contributed by atoms with Gasteiger partial charge >= 0.3 is 0 Å². The average Bonchev–Trinajstić information content (AvgIpc) is 2.45. The number of nitrogens with zero attached hydrogens (tertiary/aromatic N) is 1. The Labute approximate surface area is 120 Å². The summed E-state index contributed by atoms with van der Waals surface area (Å²) in [6.45, 7) is 2.48. The predicted octanol–water partition coefficient (Wildman–Crippen LogP) is 1.32. The lowest BCUT2D eigenvalue weighted by Gasteiger charge is -2.22. The van der Waals surface area contributed by atoms with Crippen LogP contribution >= 0.6 is 0 Å². The van der Waals surface area contributed by atoms with Crippen LogP contribution in [-0.2, 0) is 20.7 Å². The van der Waals surface area contributed by atoms with Crippen LogP contribution < -0.4 is 5.73 Å². The Bertz CT molecular complexity index is 393. The van der Waals surface area contributed by atoms with Gasteiger partial charge in [0.05, 0.1) is 13.0 Å². The monoisotopic (exact) mass is 280 g/mol. The standard InChI is InChI=1S/C15H24N2O3/c1-19-10-3-8-17(9-11-20-2)15(18)12-13-4-6-14(16)7-5-13/h4-7H,3,8-12,16H2,1-2H3. The molecular weight excluding hydrogens is 256 g/mol. The van der Waals surface area contributed by atoms with E-state index in [9.17, 15) is 4.79 Å². The van der Waals surface area contributed by atoms with Crippen LogP contribution in [0.1, 0.15) is 12.0 Å². The number of carbonyl (C=O) groups excluding carboxylic acids is 1. The van der Waals surface area contributed by atoms with Crippen molar-refractivity contribution in [3.63, 3.8) is 0 Å². The summed E-state index contributed by atoms with van der Waals surface area (Å²) >= 11 is 0. The van der Waals surface area contributed by atoms with Crippen LogP contribution in [-0.4, -0.2) is 51.3 Å². The van der Waals surface area contributed by atoms with E-state index in [1.165, 1.54) is 0 Å². The summed E-state index contributed by atoms with van der Waals surface area (Å²) < 4.78 is 10.1. The maximum Gasteiger partial charge on any atom is 0.227 e. The lowest BCUT2D eigenvalue weighted by atomic mass is 10.1. The highest BCUT2D eigenvalue weighted by Gasteiger charge is 2.13. The van der Waals surface area contributed by atoms with Gasteiger partial charge in [-0.25, -0.2) is 0 Å². The van der Waals surface area contributed by atoms with Crippen LogP contribution in [0.3, 0.4) is 0 Å². The lowest BCUT2D eigenvalue weighted by Crippen LogP contribution is -2.36. The van der Waals surface area contributed by atoms with Gasteiger partial charge in [-0.2, -0.15) is 0 Å². The van der Waals surface area contributed by atoms with E-state index in [0.29, 0.717) is 38.4 Å². The van der Waals surface area contributed by atoms with Gasteiger partial charge in [0.15, 0.2) is 0 Å². The van der Waals surface area contributed by atoms with Crippen molar-refractivity contribution in [2.24, 2.45) is 0 Å². The largest absolute Gasteiger partial charge is 0.399 e. The van der Waals surface area contributed by atoms with E-state index in [1.54, 1.807) is 14.2 Å². The Morgan fingerprint density at radius 1 is 1.10 bits per heavy atom. The Morgan fingerprint density at radius 2 is 1.75 bits per heavy atom. The Hall–Kier alpha value is -1.59. The highest BCUT2D eigenvalue weighted by Crippen LogP contribution is 2.08. The van der Waals surface area contributed by atoms with Gasteiger partial charge < -0.3 is 20.1 Å². The number of ether oxygens (including phenoxy) is 2. The first kappa shape index (κ1) is 16.5. The number of nitrogen functional groups attached to an aromatic ring is 1. The molecule has 0 saturated carbocycles. The molecule has 0 atom stereocenters. The molecule has 0 radical (unpaired) electrons. The van der Waals surface area contributed by atoms with E-state index in [0.717, 1.165) is 12.0 Å². The molecule has 0 aromatic heterocycles. The third kappa shape index (κ3) is 6.04. The van der Waals surface area contributed by atoms with Crippen molar-refractivity contribution in [3.8, 4) is 0 Å². The second kappa shape index (κ2) is 9.34. The van der Waals surface area contributed by atoms with Crippen molar-refractivity contribution in [3.05, 3.63) is 29.8 Å². The first-order valence-electron chi connectivity index (χ1n) is 6.77. The molecule has 0 saturated heterocycles. The van der Waals surface area contributed by atoms with Gasteiger partial charge in [0.25, 0.3) is 0 Å². The molecule has 0 aliphatic heterocycles. The van der Waals surface area contributed by atoms with Crippen molar-refractivity contribution in [2.75, 3.05) is 46.3 Å². The average molecular weight is 280 g/mol. The zero-order valence-electron chi connectivity index (χ0n) is 12.3. The Balaban J connectivity index is 2.54. The molecule has 0 fully saturated rings. The van der Waals surface area contributed by atoms with E-state index in [1.807, 2.05) is 29.2 Å². The topological polar surface area (TPSA) is 64.8 Å². The maximum atomic E-state index is 12.3. The minimum atomic E-state index is 0.0999. The number of carbonyl (C=O) groups is 1. The van der Waals surface area contributed by atoms with Crippen molar-refractivity contribution < 1.29 is 14.3 Å². The molecule has 0 bridgehead atoms.